The van der Waals surface area contributed by atoms with Crippen LogP contribution in [0.15, 0.2) is 28.7 Å². The molecule has 3 heteroatoms. The van der Waals surface area contributed by atoms with Gasteiger partial charge in [0.2, 0.25) is 0 Å². The highest BCUT2D eigenvalue weighted by atomic mass is 79.9. The predicted molar refractivity (Wildman–Crippen MR) is 100.0 cm³/mol. The summed E-state index contributed by atoms with van der Waals surface area (Å²) in [5.74, 6) is 3.61. The molecule has 4 aliphatic carbocycles. The topological polar surface area (TPSA) is 26.3 Å². The fraction of sp³-hybridized carbons (Fsp3) is 0.571. The van der Waals surface area contributed by atoms with Gasteiger partial charge in [-0.1, -0.05) is 15.9 Å². The lowest BCUT2D eigenvalue weighted by Gasteiger charge is -2.55. The van der Waals surface area contributed by atoms with E-state index in [4.69, 9.17) is 4.74 Å². The Morgan fingerprint density at radius 2 is 1.83 bits per heavy atom. The van der Waals surface area contributed by atoms with Crippen molar-refractivity contribution in [1.82, 2.24) is 0 Å². The van der Waals surface area contributed by atoms with E-state index in [9.17, 15) is 4.79 Å². The Morgan fingerprint density at radius 1 is 1.21 bits per heavy atom. The number of hydrogen-bond acceptors (Lipinski definition) is 2. The minimum atomic E-state index is -0.0525. The van der Waals surface area contributed by atoms with Gasteiger partial charge in [-0.05, 0) is 93.6 Å². The van der Waals surface area contributed by atoms with Gasteiger partial charge in [-0.15, -0.1) is 0 Å². The molecule has 0 atom stereocenters. The average Bonchev–Trinajstić information content (AvgIpc) is 2.53. The number of hydrogen-bond donors (Lipinski definition) is 0. The number of carbonyl (C=O) groups excluding carboxylic acids is 1. The van der Waals surface area contributed by atoms with Gasteiger partial charge in [0, 0.05) is 15.5 Å². The van der Waals surface area contributed by atoms with Gasteiger partial charge >= 0.3 is 0 Å². The molecule has 0 amide bonds. The van der Waals surface area contributed by atoms with Gasteiger partial charge in [-0.2, -0.15) is 0 Å². The van der Waals surface area contributed by atoms with Crippen LogP contribution < -0.4 is 4.74 Å². The third-order valence-corrected chi connectivity index (χ3v) is 6.74. The standard InChI is InChI=1S/C21H25BrO2/c1-2-24-19-5-4-18(22)10-17(19)3-6-20(23)21-11-14-7-15(12-21)9-16(8-14)13-21/h3-6,10,14-16H,2,7-9,11-13H2,1H3/b6-3+. The van der Waals surface area contributed by atoms with E-state index in [0.717, 1.165) is 52.8 Å². The van der Waals surface area contributed by atoms with E-state index in [0.29, 0.717) is 12.4 Å². The first-order valence-electron chi connectivity index (χ1n) is 9.23. The first kappa shape index (κ1) is 16.4. The van der Waals surface area contributed by atoms with Crippen LogP contribution in [0, 0.1) is 23.2 Å². The van der Waals surface area contributed by atoms with Crippen LogP contribution >= 0.6 is 15.9 Å². The number of ether oxygens (including phenoxy) is 1. The first-order chi connectivity index (χ1) is 11.6. The molecule has 0 aliphatic heterocycles. The molecule has 1 aromatic carbocycles. The summed E-state index contributed by atoms with van der Waals surface area (Å²) < 4.78 is 6.70. The van der Waals surface area contributed by atoms with E-state index in [1.54, 1.807) is 0 Å². The molecular weight excluding hydrogens is 364 g/mol. The maximum atomic E-state index is 13.1. The molecule has 0 heterocycles. The Bertz CT molecular complexity index is 641. The quantitative estimate of drug-likeness (QED) is 0.609. The van der Waals surface area contributed by atoms with Crippen LogP contribution in [0.25, 0.3) is 6.08 Å². The molecule has 0 aromatic heterocycles. The highest BCUT2D eigenvalue weighted by Crippen LogP contribution is 2.60. The lowest BCUT2D eigenvalue weighted by atomic mass is 9.48. The maximum absolute atomic E-state index is 13.1. The van der Waals surface area contributed by atoms with Crippen molar-refractivity contribution in [3.63, 3.8) is 0 Å². The summed E-state index contributed by atoms with van der Waals surface area (Å²) in [5, 5.41) is 0. The van der Waals surface area contributed by atoms with Gasteiger partial charge in [0.05, 0.1) is 6.61 Å². The van der Waals surface area contributed by atoms with Crippen LogP contribution in [-0.4, -0.2) is 12.4 Å². The van der Waals surface area contributed by atoms with Gasteiger partial charge in [0.1, 0.15) is 5.75 Å². The fourth-order valence-electron chi connectivity index (χ4n) is 5.69. The second-order valence-electron chi connectivity index (χ2n) is 8.01. The van der Waals surface area contributed by atoms with E-state index in [-0.39, 0.29) is 5.41 Å². The zero-order valence-electron chi connectivity index (χ0n) is 14.3. The zero-order chi connectivity index (χ0) is 16.7. The second kappa shape index (κ2) is 6.33. The molecule has 5 rings (SSSR count). The monoisotopic (exact) mass is 388 g/mol. The van der Waals surface area contributed by atoms with Crippen molar-refractivity contribution in [2.45, 2.75) is 45.4 Å². The summed E-state index contributed by atoms with van der Waals surface area (Å²) in [6.45, 7) is 2.61. The highest BCUT2D eigenvalue weighted by Gasteiger charge is 2.53. The molecular formula is C21H25BrO2. The molecule has 2 nitrogen and oxygen atoms in total. The lowest BCUT2D eigenvalue weighted by molar-refractivity contribution is -0.138. The SMILES string of the molecule is CCOc1ccc(Br)cc1/C=C/C(=O)C12CC3CC(CC(C3)C1)C2. The Hall–Kier alpha value is -1.09. The van der Waals surface area contributed by atoms with Gasteiger partial charge in [0.15, 0.2) is 5.78 Å². The Labute approximate surface area is 152 Å². The molecule has 128 valence electrons. The van der Waals surface area contributed by atoms with Crippen LogP contribution in [0.2, 0.25) is 0 Å². The summed E-state index contributed by atoms with van der Waals surface area (Å²) in [6, 6.07) is 5.96. The van der Waals surface area contributed by atoms with E-state index in [1.807, 2.05) is 37.3 Å². The van der Waals surface area contributed by atoms with Crippen molar-refractivity contribution in [2.24, 2.45) is 23.2 Å². The van der Waals surface area contributed by atoms with Crippen molar-refractivity contribution in [1.29, 1.82) is 0 Å². The largest absolute Gasteiger partial charge is 0.493 e. The fourth-order valence-corrected chi connectivity index (χ4v) is 6.07. The first-order valence-corrected chi connectivity index (χ1v) is 10.0. The molecule has 0 radical (unpaired) electrons. The minimum absolute atomic E-state index is 0.0525. The van der Waals surface area contributed by atoms with E-state index in [1.165, 1.54) is 19.3 Å². The molecule has 4 saturated carbocycles. The number of rotatable bonds is 5. The zero-order valence-corrected chi connectivity index (χ0v) is 15.8. The summed E-state index contributed by atoms with van der Waals surface area (Å²) >= 11 is 3.51. The van der Waals surface area contributed by atoms with Crippen LogP contribution in [-0.2, 0) is 4.79 Å². The summed E-state index contributed by atoms with van der Waals surface area (Å²) in [6.07, 6.45) is 11.3. The summed E-state index contributed by atoms with van der Waals surface area (Å²) in [4.78, 5) is 13.1. The van der Waals surface area contributed by atoms with E-state index in [2.05, 4.69) is 15.9 Å². The number of allylic oxidation sites excluding steroid dienone is 1. The van der Waals surface area contributed by atoms with Gasteiger partial charge < -0.3 is 4.74 Å². The molecule has 24 heavy (non-hydrogen) atoms. The lowest BCUT2D eigenvalue weighted by Crippen LogP contribution is -2.49. The smallest absolute Gasteiger partial charge is 0.161 e. The Morgan fingerprint density at radius 3 is 2.42 bits per heavy atom. The Balaban J connectivity index is 1.56. The average molecular weight is 389 g/mol. The number of benzene rings is 1. The third kappa shape index (κ3) is 2.96. The molecule has 0 spiro atoms. The summed E-state index contributed by atoms with van der Waals surface area (Å²) in [5.41, 5.74) is 0.924. The van der Waals surface area contributed by atoms with E-state index < -0.39 is 0 Å². The molecule has 1 aromatic rings. The van der Waals surface area contributed by atoms with Crippen molar-refractivity contribution in [3.05, 3.63) is 34.3 Å². The van der Waals surface area contributed by atoms with Crippen LogP contribution in [0.3, 0.4) is 0 Å². The molecule has 4 fully saturated rings. The molecule has 4 aliphatic rings. The number of ketones is 1. The summed E-state index contributed by atoms with van der Waals surface area (Å²) in [7, 11) is 0. The maximum Gasteiger partial charge on any atom is 0.161 e. The van der Waals surface area contributed by atoms with Gasteiger partial charge in [0.25, 0.3) is 0 Å². The van der Waals surface area contributed by atoms with Crippen molar-refractivity contribution in [3.8, 4) is 5.75 Å². The van der Waals surface area contributed by atoms with Crippen LogP contribution in [0.4, 0.5) is 0 Å². The van der Waals surface area contributed by atoms with Gasteiger partial charge in [-0.3, -0.25) is 4.79 Å². The predicted octanol–water partition coefficient (Wildman–Crippen LogP) is 5.65. The second-order valence-corrected chi connectivity index (χ2v) is 8.93. The van der Waals surface area contributed by atoms with Crippen molar-refractivity contribution >= 4 is 27.8 Å². The normalized spacial score (nSPS) is 34.0. The molecule has 0 saturated heterocycles. The van der Waals surface area contributed by atoms with Crippen LogP contribution in [0.1, 0.15) is 51.0 Å². The highest BCUT2D eigenvalue weighted by molar-refractivity contribution is 9.10. The van der Waals surface area contributed by atoms with Crippen LogP contribution in [0.5, 0.6) is 5.75 Å². The van der Waals surface area contributed by atoms with Gasteiger partial charge in [-0.25, -0.2) is 0 Å². The number of carbonyl (C=O) groups is 1. The molecule has 0 N–H and O–H groups in total. The third-order valence-electron chi connectivity index (χ3n) is 6.25. The minimum Gasteiger partial charge on any atom is -0.493 e. The Kier molecular flexibility index (Phi) is 4.32. The molecule has 0 unspecified atom stereocenters. The van der Waals surface area contributed by atoms with Crippen molar-refractivity contribution in [2.75, 3.05) is 6.61 Å². The number of halogens is 1. The molecule has 4 bridgehead atoms. The van der Waals surface area contributed by atoms with E-state index >= 15 is 0 Å². The van der Waals surface area contributed by atoms with Crippen molar-refractivity contribution < 1.29 is 9.53 Å².